The molecule has 0 amide bonds. The van der Waals surface area contributed by atoms with Crippen LogP contribution in [0.3, 0.4) is 0 Å². The highest BCUT2D eigenvalue weighted by atomic mass is 32.2. The number of aryl methyl sites for hydroxylation is 1. The predicted molar refractivity (Wildman–Crippen MR) is 76.8 cm³/mol. The maximum atomic E-state index is 13.6. The van der Waals surface area contributed by atoms with E-state index < -0.39 is 22.4 Å². The number of nitrogens with two attached hydrogens (primary N) is 1. The fourth-order valence-electron chi connectivity index (χ4n) is 1.95. The number of halogens is 2. The molecule has 0 saturated heterocycles. The lowest BCUT2D eigenvalue weighted by molar-refractivity contribution is 0.535. The molecule has 1 atom stereocenters. The summed E-state index contributed by atoms with van der Waals surface area (Å²) < 4.78 is 39.2. The average Bonchev–Trinajstić information content (AvgIpc) is 2.38. The monoisotopic (exact) mass is 295 g/mol. The summed E-state index contributed by atoms with van der Waals surface area (Å²) in [6.07, 6.45) is 1.32. The first-order valence-electron chi connectivity index (χ1n) is 6.25. The van der Waals surface area contributed by atoms with E-state index in [1.165, 1.54) is 0 Å². The summed E-state index contributed by atoms with van der Waals surface area (Å²) in [7, 11) is -1.69. The molecular formula is C15H15F2NOS. The molecule has 106 valence electrons. The molecule has 5 heteroatoms. The van der Waals surface area contributed by atoms with Gasteiger partial charge in [-0.05, 0) is 30.5 Å². The van der Waals surface area contributed by atoms with Crippen molar-refractivity contribution in [1.29, 1.82) is 0 Å². The Balaban J connectivity index is 1.99. The van der Waals surface area contributed by atoms with Crippen LogP contribution < -0.4 is 5.73 Å². The molecular weight excluding hydrogens is 280 g/mol. The molecule has 2 rings (SSSR count). The predicted octanol–water partition coefficient (Wildman–Crippen LogP) is 3.29. The van der Waals surface area contributed by atoms with Crippen molar-refractivity contribution in [2.45, 2.75) is 17.7 Å². The Morgan fingerprint density at radius 2 is 1.65 bits per heavy atom. The molecule has 0 heterocycles. The van der Waals surface area contributed by atoms with Gasteiger partial charge in [-0.2, -0.15) is 0 Å². The number of nitrogen functional groups attached to an aromatic ring is 1. The van der Waals surface area contributed by atoms with E-state index in [4.69, 9.17) is 5.73 Å². The third kappa shape index (κ3) is 3.63. The highest BCUT2D eigenvalue weighted by molar-refractivity contribution is 7.85. The van der Waals surface area contributed by atoms with Crippen LogP contribution >= 0.6 is 0 Å². The van der Waals surface area contributed by atoms with Crippen LogP contribution in [0, 0.1) is 11.6 Å². The molecule has 20 heavy (non-hydrogen) atoms. The molecule has 0 radical (unpaired) electrons. The smallest absolute Gasteiger partial charge is 0.144 e. The lowest BCUT2D eigenvalue weighted by Crippen LogP contribution is -2.06. The zero-order valence-electron chi connectivity index (χ0n) is 10.8. The maximum absolute atomic E-state index is 13.6. The van der Waals surface area contributed by atoms with Crippen LogP contribution in [0.1, 0.15) is 12.0 Å². The summed E-state index contributed by atoms with van der Waals surface area (Å²) in [6.45, 7) is 0. The van der Waals surface area contributed by atoms with Crippen LogP contribution in [-0.2, 0) is 17.2 Å². The van der Waals surface area contributed by atoms with Gasteiger partial charge < -0.3 is 5.73 Å². The lowest BCUT2D eigenvalue weighted by atomic mass is 10.1. The number of hydrogen-bond acceptors (Lipinski definition) is 2. The van der Waals surface area contributed by atoms with Gasteiger partial charge in [0.15, 0.2) is 0 Å². The van der Waals surface area contributed by atoms with Crippen LogP contribution in [0.25, 0.3) is 0 Å². The molecule has 2 aromatic carbocycles. The Labute approximate surface area is 119 Å². The molecule has 0 aliphatic heterocycles. The number of rotatable bonds is 5. The molecule has 2 aromatic rings. The van der Waals surface area contributed by atoms with Gasteiger partial charge in [-0.15, -0.1) is 0 Å². The van der Waals surface area contributed by atoms with E-state index in [1.54, 1.807) is 0 Å². The minimum atomic E-state index is -1.69. The van der Waals surface area contributed by atoms with Crippen LogP contribution in [0.15, 0.2) is 47.4 Å². The van der Waals surface area contributed by atoms with E-state index in [1.807, 2.05) is 30.3 Å². The molecule has 0 fully saturated rings. The van der Waals surface area contributed by atoms with Gasteiger partial charge in [-0.1, -0.05) is 30.3 Å². The zero-order valence-corrected chi connectivity index (χ0v) is 11.6. The maximum Gasteiger partial charge on any atom is 0.144 e. The number of hydrogen-bond donors (Lipinski definition) is 1. The van der Waals surface area contributed by atoms with Crippen LogP contribution in [-0.4, -0.2) is 9.96 Å². The van der Waals surface area contributed by atoms with E-state index in [9.17, 15) is 13.0 Å². The normalized spacial score (nSPS) is 12.3. The Kier molecular flexibility index (Phi) is 4.84. The molecule has 0 aliphatic carbocycles. The fourth-order valence-corrected chi connectivity index (χ4v) is 3.11. The summed E-state index contributed by atoms with van der Waals surface area (Å²) in [5, 5.41) is 0. The third-order valence-electron chi connectivity index (χ3n) is 2.89. The van der Waals surface area contributed by atoms with Gasteiger partial charge in [0.05, 0.1) is 10.8 Å². The van der Waals surface area contributed by atoms with Crippen molar-refractivity contribution in [1.82, 2.24) is 0 Å². The molecule has 0 aromatic heterocycles. The highest BCUT2D eigenvalue weighted by Gasteiger charge is 2.16. The van der Waals surface area contributed by atoms with Gasteiger partial charge in [0.25, 0.3) is 0 Å². The molecule has 0 spiro atoms. The van der Waals surface area contributed by atoms with Gasteiger partial charge in [-0.25, -0.2) is 8.78 Å². The fraction of sp³-hybridized carbons (Fsp3) is 0.200. The molecule has 1 unspecified atom stereocenters. The minimum absolute atomic E-state index is 0.00923. The van der Waals surface area contributed by atoms with Gasteiger partial charge in [0, 0.05) is 11.4 Å². The molecule has 0 saturated carbocycles. The zero-order chi connectivity index (χ0) is 14.5. The van der Waals surface area contributed by atoms with Crippen LogP contribution in [0.4, 0.5) is 14.5 Å². The molecule has 0 aliphatic rings. The summed E-state index contributed by atoms with van der Waals surface area (Å²) in [6, 6.07) is 11.7. The molecule has 2 nitrogen and oxygen atoms in total. The van der Waals surface area contributed by atoms with Gasteiger partial charge in [-0.3, -0.25) is 4.21 Å². The summed E-state index contributed by atoms with van der Waals surface area (Å²) >= 11 is 0. The standard InChI is InChI=1S/C15H15F2NOS/c16-13-9-12(18)10-14(17)15(13)20(19)8-4-7-11-5-2-1-3-6-11/h1-3,5-6,9-10H,4,7-8,18H2. The van der Waals surface area contributed by atoms with Crippen LogP contribution in [0.2, 0.25) is 0 Å². The van der Waals surface area contributed by atoms with E-state index in [2.05, 4.69) is 0 Å². The van der Waals surface area contributed by atoms with E-state index in [-0.39, 0.29) is 16.3 Å². The van der Waals surface area contributed by atoms with Gasteiger partial charge in [0.2, 0.25) is 0 Å². The van der Waals surface area contributed by atoms with Crippen molar-refractivity contribution in [2.24, 2.45) is 0 Å². The Morgan fingerprint density at radius 1 is 1.05 bits per heavy atom. The quantitative estimate of drug-likeness (QED) is 0.860. The minimum Gasteiger partial charge on any atom is -0.399 e. The molecule has 2 N–H and O–H groups in total. The number of anilines is 1. The Morgan fingerprint density at radius 3 is 2.25 bits per heavy atom. The Hall–Kier alpha value is -1.75. The second-order valence-corrected chi connectivity index (χ2v) is 5.96. The first kappa shape index (κ1) is 14.7. The summed E-state index contributed by atoms with van der Waals surface area (Å²) in [5.41, 5.74) is 6.43. The Bertz CT molecular complexity index is 594. The third-order valence-corrected chi connectivity index (χ3v) is 4.39. The largest absolute Gasteiger partial charge is 0.399 e. The first-order valence-corrected chi connectivity index (χ1v) is 7.56. The highest BCUT2D eigenvalue weighted by Crippen LogP contribution is 2.21. The lowest BCUT2D eigenvalue weighted by Gasteiger charge is -2.06. The second-order valence-electron chi connectivity index (χ2n) is 4.45. The first-order chi connectivity index (χ1) is 9.58. The van der Waals surface area contributed by atoms with E-state index in [0.717, 1.165) is 24.1 Å². The van der Waals surface area contributed by atoms with Gasteiger partial charge >= 0.3 is 0 Å². The van der Waals surface area contributed by atoms with Crippen molar-refractivity contribution in [3.8, 4) is 0 Å². The molecule has 0 bridgehead atoms. The average molecular weight is 295 g/mol. The summed E-state index contributed by atoms with van der Waals surface area (Å²) in [4.78, 5) is -0.382. The van der Waals surface area contributed by atoms with Crippen molar-refractivity contribution in [3.05, 3.63) is 59.7 Å². The van der Waals surface area contributed by atoms with Crippen molar-refractivity contribution < 1.29 is 13.0 Å². The van der Waals surface area contributed by atoms with Gasteiger partial charge in [0.1, 0.15) is 16.5 Å². The van der Waals surface area contributed by atoms with E-state index >= 15 is 0 Å². The number of benzene rings is 2. The summed E-state index contributed by atoms with van der Waals surface area (Å²) in [5.74, 6) is -1.48. The topological polar surface area (TPSA) is 43.1 Å². The van der Waals surface area contributed by atoms with E-state index in [0.29, 0.717) is 6.42 Å². The second kappa shape index (κ2) is 6.61. The van der Waals surface area contributed by atoms with Crippen LogP contribution in [0.5, 0.6) is 0 Å². The SMILES string of the molecule is Nc1cc(F)c(S(=O)CCCc2ccccc2)c(F)c1. The van der Waals surface area contributed by atoms with Crippen molar-refractivity contribution in [2.75, 3.05) is 11.5 Å². The van der Waals surface area contributed by atoms with Crippen molar-refractivity contribution >= 4 is 16.5 Å². The van der Waals surface area contributed by atoms with Crippen molar-refractivity contribution in [3.63, 3.8) is 0 Å².